The van der Waals surface area contributed by atoms with Gasteiger partial charge in [0.05, 0.1) is 16.8 Å². The van der Waals surface area contributed by atoms with Gasteiger partial charge in [0.15, 0.2) is 0 Å². The molecule has 1 heterocycles. The lowest BCUT2D eigenvalue weighted by Crippen LogP contribution is -1.97. The van der Waals surface area contributed by atoms with E-state index in [1.807, 2.05) is 66.7 Å². The lowest BCUT2D eigenvalue weighted by molar-refractivity contribution is 0.483. The van der Waals surface area contributed by atoms with Crippen molar-refractivity contribution in [3.63, 3.8) is 0 Å². The molecule has 0 aliphatic heterocycles. The van der Waals surface area contributed by atoms with Crippen molar-refractivity contribution in [3.8, 4) is 17.6 Å². The predicted octanol–water partition coefficient (Wildman–Crippen LogP) is 5.22. The average Bonchev–Trinajstić information content (AvgIpc) is 2.70. The second kappa shape index (κ2) is 7.06. The van der Waals surface area contributed by atoms with Crippen LogP contribution in [-0.4, -0.2) is 4.98 Å². The summed E-state index contributed by atoms with van der Waals surface area (Å²) >= 11 is 0. The molecular weight excluding hydrogens is 336 g/mol. The topological polar surface area (TPSA) is 84.0 Å². The Morgan fingerprint density at radius 2 is 1.67 bits per heavy atom. The lowest BCUT2D eigenvalue weighted by Gasteiger charge is -2.12. The van der Waals surface area contributed by atoms with Crippen LogP contribution in [0.5, 0.6) is 11.5 Å². The molecule has 5 heteroatoms. The third kappa shape index (κ3) is 3.51. The highest BCUT2D eigenvalue weighted by Gasteiger charge is 2.10. The van der Waals surface area contributed by atoms with Crippen LogP contribution in [0.1, 0.15) is 5.56 Å². The molecule has 0 saturated carbocycles. The minimum absolute atomic E-state index is 0.456. The van der Waals surface area contributed by atoms with E-state index in [0.717, 1.165) is 28.1 Å². The Morgan fingerprint density at radius 3 is 2.41 bits per heavy atom. The van der Waals surface area contributed by atoms with E-state index in [4.69, 9.17) is 10.5 Å². The summed E-state index contributed by atoms with van der Waals surface area (Å²) < 4.78 is 5.81. The second-order valence-corrected chi connectivity index (χ2v) is 6.00. The highest BCUT2D eigenvalue weighted by atomic mass is 16.5. The number of ether oxygens (including phenoxy) is 1. The molecule has 3 N–H and O–H groups in total. The van der Waals surface area contributed by atoms with Gasteiger partial charge in [0.1, 0.15) is 17.6 Å². The quantitative estimate of drug-likeness (QED) is 0.492. The van der Waals surface area contributed by atoms with Crippen molar-refractivity contribution in [1.82, 2.24) is 4.98 Å². The number of nitrogens with one attached hydrogen (secondary N) is 1. The van der Waals surface area contributed by atoms with Gasteiger partial charge < -0.3 is 15.8 Å². The number of hydrogen-bond acceptors (Lipinski definition) is 5. The van der Waals surface area contributed by atoms with Gasteiger partial charge >= 0.3 is 0 Å². The number of nitriles is 1. The van der Waals surface area contributed by atoms with Crippen molar-refractivity contribution in [3.05, 3.63) is 84.6 Å². The molecule has 0 spiro atoms. The lowest BCUT2D eigenvalue weighted by atomic mass is 10.1. The van der Waals surface area contributed by atoms with Gasteiger partial charge in [-0.15, -0.1) is 0 Å². The van der Waals surface area contributed by atoms with Crippen molar-refractivity contribution in [2.24, 2.45) is 0 Å². The summed E-state index contributed by atoms with van der Waals surface area (Å²) in [5, 5.41) is 13.6. The van der Waals surface area contributed by atoms with E-state index in [0.29, 0.717) is 16.9 Å². The number of para-hydroxylation sites is 1. The summed E-state index contributed by atoms with van der Waals surface area (Å²) in [5.41, 5.74) is 9.29. The van der Waals surface area contributed by atoms with Gasteiger partial charge in [-0.2, -0.15) is 5.26 Å². The van der Waals surface area contributed by atoms with Gasteiger partial charge in [-0.1, -0.05) is 18.2 Å². The average molecular weight is 352 g/mol. The van der Waals surface area contributed by atoms with Crippen LogP contribution in [-0.2, 0) is 0 Å². The van der Waals surface area contributed by atoms with Crippen molar-refractivity contribution < 1.29 is 4.74 Å². The van der Waals surface area contributed by atoms with Crippen molar-refractivity contribution in [1.29, 1.82) is 5.26 Å². The van der Waals surface area contributed by atoms with E-state index in [2.05, 4.69) is 16.4 Å². The molecule has 4 aromatic rings. The second-order valence-electron chi connectivity index (χ2n) is 6.00. The molecular formula is C22H16N4O. The maximum Gasteiger partial charge on any atom is 0.127 e. The Bertz CT molecular complexity index is 1130. The first-order valence-corrected chi connectivity index (χ1v) is 8.41. The fourth-order valence-corrected chi connectivity index (χ4v) is 2.80. The first kappa shape index (κ1) is 16.4. The summed E-state index contributed by atoms with van der Waals surface area (Å²) in [7, 11) is 0. The van der Waals surface area contributed by atoms with E-state index in [-0.39, 0.29) is 0 Å². The number of fused-ring (bicyclic) bond motifs is 1. The number of pyridine rings is 1. The zero-order chi connectivity index (χ0) is 18.6. The summed E-state index contributed by atoms with van der Waals surface area (Å²) in [4.78, 5) is 4.32. The Hall–Kier alpha value is -4.04. The number of nitrogen functional groups attached to an aromatic ring is 1. The van der Waals surface area contributed by atoms with Crippen molar-refractivity contribution >= 4 is 28.0 Å². The van der Waals surface area contributed by atoms with Crippen LogP contribution in [0.15, 0.2) is 79.0 Å². The van der Waals surface area contributed by atoms with Crippen molar-refractivity contribution in [2.45, 2.75) is 0 Å². The van der Waals surface area contributed by atoms with Gasteiger partial charge in [-0.3, -0.25) is 4.98 Å². The van der Waals surface area contributed by atoms with Gasteiger partial charge in [-0.25, -0.2) is 0 Å². The molecule has 0 atom stereocenters. The Labute approximate surface area is 156 Å². The zero-order valence-electron chi connectivity index (χ0n) is 14.4. The highest BCUT2D eigenvalue weighted by Crippen LogP contribution is 2.31. The maximum absolute atomic E-state index is 9.45. The Kier molecular flexibility index (Phi) is 4.30. The first-order valence-electron chi connectivity index (χ1n) is 8.41. The summed E-state index contributed by atoms with van der Waals surface area (Å²) in [6, 6.07) is 24.8. The van der Waals surface area contributed by atoms with Gasteiger partial charge in [0.25, 0.3) is 0 Å². The molecule has 0 fully saturated rings. The smallest absolute Gasteiger partial charge is 0.127 e. The van der Waals surface area contributed by atoms with Crippen LogP contribution in [0.4, 0.5) is 17.1 Å². The zero-order valence-corrected chi connectivity index (χ0v) is 14.4. The molecule has 5 nitrogen and oxygen atoms in total. The molecule has 0 radical (unpaired) electrons. The van der Waals surface area contributed by atoms with Gasteiger partial charge in [-0.05, 0) is 54.6 Å². The molecule has 0 saturated heterocycles. The minimum Gasteiger partial charge on any atom is -0.457 e. The number of rotatable bonds is 4. The number of aromatic nitrogens is 1. The molecule has 27 heavy (non-hydrogen) atoms. The predicted molar refractivity (Wildman–Crippen MR) is 107 cm³/mol. The Morgan fingerprint density at radius 1 is 0.926 bits per heavy atom. The normalized spacial score (nSPS) is 10.3. The monoisotopic (exact) mass is 352 g/mol. The number of nitrogens with two attached hydrogens (primary N) is 1. The Balaban J connectivity index is 1.64. The number of hydrogen-bond donors (Lipinski definition) is 2. The minimum atomic E-state index is 0.456. The van der Waals surface area contributed by atoms with E-state index >= 15 is 0 Å². The third-order valence-electron chi connectivity index (χ3n) is 4.12. The molecule has 3 aromatic carbocycles. The number of anilines is 3. The summed E-state index contributed by atoms with van der Waals surface area (Å²) in [6.45, 7) is 0. The highest BCUT2D eigenvalue weighted by molar-refractivity contribution is 5.97. The molecule has 0 unspecified atom stereocenters. The standard InChI is InChI=1S/C22H16N4O/c23-13-15-14-25-21-11-6-16(24)12-20(21)22(15)26-17-7-9-19(10-8-17)27-18-4-2-1-3-5-18/h1-12,14H,24H2,(H,25,26). The molecule has 1 aromatic heterocycles. The van der Waals surface area contributed by atoms with Crippen LogP contribution in [0.25, 0.3) is 10.9 Å². The fraction of sp³-hybridized carbons (Fsp3) is 0. The third-order valence-corrected chi connectivity index (χ3v) is 4.12. The maximum atomic E-state index is 9.45. The molecule has 0 bridgehead atoms. The van der Waals surface area contributed by atoms with E-state index in [1.165, 1.54) is 0 Å². The molecule has 0 aliphatic carbocycles. The molecule has 0 amide bonds. The van der Waals surface area contributed by atoms with E-state index in [9.17, 15) is 5.26 Å². The summed E-state index contributed by atoms with van der Waals surface area (Å²) in [6.07, 6.45) is 1.56. The van der Waals surface area contributed by atoms with Crippen LogP contribution in [0, 0.1) is 11.3 Å². The first-order chi connectivity index (χ1) is 13.2. The SMILES string of the molecule is N#Cc1cnc2ccc(N)cc2c1Nc1ccc(Oc2ccccc2)cc1. The van der Waals surface area contributed by atoms with Crippen LogP contribution >= 0.6 is 0 Å². The van der Waals surface area contributed by atoms with Crippen LogP contribution in [0.3, 0.4) is 0 Å². The molecule has 0 aliphatic rings. The van der Waals surface area contributed by atoms with Crippen molar-refractivity contribution in [2.75, 3.05) is 11.1 Å². The molecule has 130 valence electrons. The van der Waals surface area contributed by atoms with E-state index in [1.54, 1.807) is 12.3 Å². The van der Waals surface area contributed by atoms with Crippen LogP contribution in [0.2, 0.25) is 0 Å². The number of nitrogens with zero attached hydrogens (tertiary/aromatic N) is 2. The van der Waals surface area contributed by atoms with Crippen LogP contribution < -0.4 is 15.8 Å². The fourth-order valence-electron chi connectivity index (χ4n) is 2.80. The summed E-state index contributed by atoms with van der Waals surface area (Å²) in [5.74, 6) is 1.51. The van der Waals surface area contributed by atoms with E-state index < -0.39 is 0 Å². The van der Waals surface area contributed by atoms with Gasteiger partial charge in [0, 0.05) is 23.0 Å². The van der Waals surface area contributed by atoms with Gasteiger partial charge in [0.2, 0.25) is 0 Å². The molecule has 4 rings (SSSR count). The number of benzene rings is 3. The largest absolute Gasteiger partial charge is 0.457 e.